The van der Waals surface area contributed by atoms with Crippen LogP contribution in [0.1, 0.15) is 40.5 Å². The van der Waals surface area contributed by atoms with Crippen molar-refractivity contribution in [2.24, 2.45) is 17.8 Å². The second-order valence-electron chi connectivity index (χ2n) is 8.70. The van der Waals surface area contributed by atoms with E-state index in [-0.39, 0.29) is 43.1 Å². The normalized spacial score (nSPS) is 23.6. The number of aromatic nitrogens is 1. The molecule has 1 aromatic heterocycles. The minimum Gasteiger partial charge on any atom is -0.393 e. The number of aliphatic hydroxyl groups excluding tert-OH is 1. The van der Waals surface area contributed by atoms with E-state index in [1.165, 1.54) is 0 Å². The maximum Gasteiger partial charge on any atom is 0.433 e. The zero-order valence-corrected chi connectivity index (χ0v) is 18.7. The van der Waals surface area contributed by atoms with Crippen LogP contribution in [-0.4, -0.2) is 41.1 Å². The number of alkyl halides is 3. The van der Waals surface area contributed by atoms with Crippen LogP contribution in [0, 0.1) is 29.4 Å². The summed E-state index contributed by atoms with van der Waals surface area (Å²) in [6.07, 6.45) is -5.22. The van der Waals surface area contributed by atoms with E-state index < -0.39 is 64.2 Å². The first-order valence-electron chi connectivity index (χ1n) is 10.7. The monoisotopic (exact) mass is 518 g/mol. The van der Waals surface area contributed by atoms with Crippen molar-refractivity contribution in [2.75, 3.05) is 13.2 Å². The van der Waals surface area contributed by atoms with Gasteiger partial charge >= 0.3 is 6.18 Å². The number of benzene rings is 1. The van der Waals surface area contributed by atoms with Crippen LogP contribution in [0.15, 0.2) is 30.5 Å². The summed E-state index contributed by atoms with van der Waals surface area (Å²) in [5, 5.41) is 12.4. The largest absolute Gasteiger partial charge is 0.433 e. The maximum absolute atomic E-state index is 14.6. The number of Topliss-reactive ketones (excluding diaryl/α,β-unsaturated/α-hetero) is 1. The Labute approximate surface area is 201 Å². The summed E-state index contributed by atoms with van der Waals surface area (Å²) in [6.45, 7) is 0.336. The molecule has 2 fully saturated rings. The van der Waals surface area contributed by atoms with Gasteiger partial charge in [0.05, 0.1) is 36.3 Å². The van der Waals surface area contributed by atoms with E-state index in [0.717, 1.165) is 24.4 Å². The number of nitrogens with zero attached hydrogens (tertiary/aromatic N) is 1. The SMILES string of the molecule is O=C(c1ccnc(C(F)(F)F)c1)C1C[C@H](O)C[C@@H]1C(=O)N[C@@H](c1cc(F)c(Cl)cc1F)C1COC1. The number of aliphatic hydroxyl groups is 1. The number of nitrogens with one attached hydrogen (secondary N) is 1. The molecule has 0 spiro atoms. The first-order valence-corrected chi connectivity index (χ1v) is 11.1. The fourth-order valence-electron chi connectivity index (χ4n) is 4.48. The molecule has 1 aliphatic carbocycles. The van der Waals surface area contributed by atoms with Crippen molar-refractivity contribution in [3.8, 4) is 0 Å². The highest BCUT2D eigenvalue weighted by molar-refractivity contribution is 6.30. The van der Waals surface area contributed by atoms with Gasteiger partial charge in [-0.3, -0.25) is 14.6 Å². The van der Waals surface area contributed by atoms with Gasteiger partial charge in [-0.1, -0.05) is 11.6 Å². The molecule has 12 heteroatoms. The van der Waals surface area contributed by atoms with Crippen LogP contribution in [0.3, 0.4) is 0 Å². The van der Waals surface area contributed by atoms with Gasteiger partial charge in [-0.05, 0) is 37.1 Å². The second-order valence-corrected chi connectivity index (χ2v) is 9.11. The van der Waals surface area contributed by atoms with E-state index in [1.807, 2.05) is 0 Å². The van der Waals surface area contributed by atoms with Crippen LogP contribution in [0.2, 0.25) is 5.02 Å². The minimum atomic E-state index is -4.77. The van der Waals surface area contributed by atoms with Crippen LogP contribution in [0.25, 0.3) is 0 Å². The van der Waals surface area contributed by atoms with Gasteiger partial charge in [0, 0.05) is 29.2 Å². The van der Waals surface area contributed by atoms with Gasteiger partial charge in [0.2, 0.25) is 5.91 Å². The average molecular weight is 519 g/mol. The Balaban J connectivity index is 1.59. The molecule has 2 heterocycles. The van der Waals surface area contributed by atoms with Crippen molar-refractivity contribution in [3.05, 3.63) is 63.9 Å². The second kappa shape index (κ2) is 9.79. The van der Waals surface area contributed by atoms with Gasteiger partial charge in [0.1, 0.15) is 17.3 Å². The van der Waals surface area contributed by atoms with Crippen molar-refractivity contribution >= 4 is 23.3 Å². The molecule has 6 nitrogen and oxygen atoms in total. The zero-order chi connectivity index (χ0) is 25.5. The fourth-order valence-corrected chi connectivity index (χ4v) is 4.63. The highest BCUT2D eigenvalue weighted by Gasteiger charge is 2.44. The Kier molecular flexibility index (Phi) is 7.12. The van der Waals surface area contributed by atoms with Gasteiger partial charge in [-0.25, -0.2) is 8.78 Å². The number of hydrogen-bond donors (Lipinski definition) is 2. The predicted octanol–water partition coefficient (Wildman–Crippen LogP) is 4.11. The third kappa shape index (κ3) is 5.31. The van der Waals surface area contributed by atoms with E-state index in [2.05, 4.69) is 10.3 Å². The molecule has 1 aromatic carbocycles. The smallest absolute Gasteiger partial charge is 0.393 e. The lowest BCUT2D eigenvalue weighted by atomic mass is 9.86. The molecule has 4 atom stereocenters. The van der Waals surface area contributed by atoms with Gasteiger partial charge in [0.25, 0.3) is 0 Å². The summed E-state index contributed by atoms with van der Waals surface area (Å²) in [6, 6.07) is 2.37. The van der Waals surface area contributed by atoms with Crippen LogP contribution < -0.4 is 5.32 Å². The van der Waals surface area contributed by atoms with Crippen molar-refractivity contribution in [2.45, 2.75) is 31.2 Å². The molecule has 1 aliphatic heterocycles. The average Bonchev–Trinajstić information content (AvgIpc) is 3.15. The molecule has 2 aliphatic rings. The van der Waals surface area contributed by atoms with Gasteiger partial charge in [-0.2, -0.15) is 13.2 Å². The number of carbonyl (C=O) groups is 2. The Morgan fingerprint density at radius 1 is 1.11 bits per heavy atom. The van der Waals surface area contributed by atoms with E-state index >= 15 is 0 Å². The zero-order valence-electron chi connectivity index (χ0n) is 18.0. The van der Waals surface area contributed by atoms with Gasteiger partial charge < -0.3 is 15.2 Å². The molecular formula is C23H20ClF5N2O4. The number of ketones is 1. The third-order valence-electron chi connectivity index (χ3n) is 6.35. The molecular weight excluding hydrogens is 499 g/mol. The highest BCUT2D eigenvalue weighted by Crippen LogP contribution is 2.38. The van der Waals surface area contributed by atoms with Crippen molar-refractivity contribution in [3.63, 3.8) is 0 Å². The number of hydrogen-bond acceptors (Lipinski definition) is 5. The van der Waals surface area contributed by atoms with Crippen LogP contribution >= 0.6 is 11.6 Å². The lowest BCUT2D eigenvalue weighted by molar-refractivity contribution is -0.141. The summed E-state index contributed by atoms with van der Waals surface area (Å²) < 4.78 is 72.9. The Morgan fingerprint density at radius 2 is 1.80 bits per heavy atom. The lowest BCUT2D eigenvalue weighted by Gasteiger charge is -2.35. The molecule has 2 aromatic rings. The topological polar surface area (TPSA) is 88.5 Å². The molecule has 0 radical (unpaired) electrons. The standard InChI is InChI=1S/C23H20ClF5N2O4/c24-16-7-17(25)15(6-18(16)26)20(11-8-35-9-11)31-22(34)14-5-12(32)4-13(14)21(33)10-1-2-30-19(3-10)23(27,28)29/h1-3,6-7,11-14,20,32H,4-5,8-9H2,(H,31,34)/t12-,13?,14-,20+/m0/s1. The molecule has 188 valence electrons. The number of halogens is 6. The minimum absolute atomic E-state index is 0.120. The van der Waals surface area contributed by atoms with E-state index in [1.54, 1.807) is 0 Å². The molecule has 1 amide bonds. The summed E-state index contributed by atoms with van der Waals surface area (Å²) in [7, 11) is 0. The third-order valence-corrected chi connectivity index (χ3v) is 6.64. The number of pyridine rings is 1. The summed E-state index contributed by atoms with van der Waals surface area (Å²) in [5.41, 5.74) is -1.70. The Morgan fingerprint density at radius 3 is 2.43 bits per heavy atom. The van der Waals surface area contributed by atoms with Gasteiger partial charge in [0.15, 0.2) is 5.78 Å². The molecule has 1 saturated carbocycles. The fraction of sp³-hybridized carbons (Fsp3) is 0.435. The molecule has 0 bridgehead atoms. The Hall–Kier alpha value is -2.63. The predicted molar refractivity (Wildman–Crippen MR) is 112 cm³/mol. The molecule has 35 heavy (non-hydrogen) atoms. The summed E-state index contributed by atoms with van der Waals surface area (Å²) in [4.78, 5) is 29.5. The van der Waals surface area contributed by atoms with Gasteiger partial charge in [-0.15, -0.1) is 0 Å². The van der Waals surface area contributed by atoms with Crippen LogP contribution in [0.4, 0.5) is 22.0 Å². The number of ether oxygens (including phenoxy) is 1. The van der Waals surface area contributed by atoms with E-state index in [4.69, 9.17) is 16.3 Å². The molecule has 4 rings (SSSR count). The first-order chi connectivity index (χ1) is 16.5. The lowest BCUT2D eigenvalue weighted by Crippen LogP contribution is -2.45. The number of carbonyl (C=O) groups excluding carboxylic acids is 2. The molecule has 1 saturated heterocycles. The molecule has 2 N–H and O–H groups in total. The van der Waals surface area contributed by atoms with Crippen molar-refractivity contribution in [1.82, 2.24) is 10.3 Å². The van der Waals surface area contributed by atoms with Crippen molar-refractivity contribution < 1.29 is 41.4 Å². The highest BCUT2D eigenvalue weighted by atomic mass is 35.5. The maximum atomic E-state index is 14.6. The quantitative estimate of drug-likeness (QED) is 0.341. The van der Waals surface area contributed by atoms with E-state index in [0.29, 0.717) is 6.07 Å². The van der Waals surface area contributed by atoms with Crippen molar-refractivity contribution in [1.29, 1.82) is 0 Å². The Bertz CT molecular complexity index is 1140. The summed E-state index contributed by atoms with van der Waals surface area (Å²) in [5.74, 6) is -5.78. The van der Waals surface area contributed by atoms with Crippen LogP contribution in [-0.2, 0) is 15.7 Å². The number of amides is 1. The molecule has 1 unspecified atom stereocenters. The first kappa shape index (κ1) is 25.5. The van der Waals surface area contributed by atoms with Crippen LogP contribution in [0.5, 0.6) is 0 Å². The van der Waals surface area contributed by atoms with E-state index in [9.17, 15) is 36.6 Å². The number of rotatable bonds is 6. The summed E-state index contributed by atoms with van der Waals surface area (Å²) >= 11 is 5.63.